The van der Waals surface area contributed by atoms with Crippen molar-refractivity contribution in [2.75, 3.05) is 20.2 Å². The summed E-state index contributed by atoms with van der Waals surface area (Å²) >= 11 is 0. The summed E-state index contributed by atoms with van der Waals surface area (Å²) in [6.07, 6.45) is 4.19. The second kappa shape index (κ2) is 8.53. The first-order valence-corrected chi connectivity index (χ1v) is 9.51. The van der Waals surface area contributed by atoms with Gasteiger partial charge in [-0.25, -0.2) is 0 Å². The Morgan fingerprint density at radius 1 is 1.32 bits per heavy atom. The van der Waals surface area contributed by atoms with Crippen molar-refractivity contribution in [1.29, 1.82) is 0 Å². The molecule has 1 unspecified atom stereocenters. The summed E-state index contributed by atoms with van der Waals surface area (Å²) in [5.41, 5.74) is 3.18. The van der Waals surface area contributed by atoms with E-state index in [1.807, 2.05) is 30.5 Å². The molecule has 148 valence electrons. The van der Waals surface area contributed by atoms with Crippen LogP contribution in [0.15, 0.2) is 35.0 Å². The normalized spacial score (nSPS) is 17.7. The molecule has 0 radical (unpaired) electrons. The second-order valence-electron chi connectivity index (χ2n) is 7.01. The van der Waals surface area contributed by atoms with Crippen molar-refractivity contribution in [3.8, 4) is 17.0 Å². The molecule has 0 aliphatic carbocycles. The summed E-state index contributed by atoms with van der Waals surface area (Å²) in [6.45, 7) is 4.88. The molecule has 28 heavy (non-hydrogen) atoms. The van der Waals surface area contributed by atoms with Crippen LogP contribution in [0.4, 0.5) is 0 Å². The van der Waals surface area contributed by atoms with Gasteiger partial charge in [-0.3, -0.25) is 10.00 Å². The summed E-state index contributed by atoms with van der Waals surface area (Å²) in [5, 5.41) is 11.3. The Hall–Kier alpha value is -2.71. The Kier molecular flexibility index (Phi) is 5.68. The molecule has 1 aliphatic rings. The Morgan fingerprint density at radius 2 is 2.21 bits per heavy atom. The van der Waals surface area contributed by atoms with Gasteiger partial charge < -0.3 is 14.0 Å². The Labute approximate surface area is 163 Å². The van der Waals surface area contributed by atoms with Crippen LogP contribution in [0.2, 0.25) is 0 Å². The van der Waals surface area contributed by atoms with Crippen molar-refractivity contribution >= 4 is 0 Å². The highest BCUT2D eigenvalue weighted by atomic mass is 16.5. The number of nitrogens with zero attached hydrogens (tertiary/aromatic N) is 4. The molecule has 0 bridgehead atoms. The lowest BCUT2D eigenvalue weighted by Crippen LogP contribution is -2.39. The summed E-state index contributed by atoms with van der Waals surface area (Å²) < 4.78 is 16.5. The van der Waals surface area contributed by atoms with Crippen LogP contribution in [-0.2, 0) is 17.9 Å². The molecule has 0 amide bonds. The van der Waals surface area contributed by atoms with Gasteiger partial charge >= 0.3 is 0 Å². The van der Waals surface area contributed by atoms with Crippen molar-refractivity contribution in [2.45, 2.75) is 39.0 Å². The third-order valence-corrected chi connectivity index (χ3v) is 4.97. The molecule has 1 atom stereocenters. The molecule has 3 aromatic rings. The molecule has 1 saturated heterocycles. The largest absolute Gasteiger partial charge is 0.496 e. The number of methoxy groups -OCH3 is 1. The monoisotopic (exact) mass is 383 g/mol. The van der Waals surface area contributed by atoms with Crippen molar-refractivity contribution in [3.63, 3.8) is 0 Å². The third-order valence-electron chi connectivity index (χ3n) is 4.97. The summed E-state index contributed by atoms with van der Waals surface area (Å²) in [5.74, 6) is 2.00. The fourth-order valence-corrected chi connectivity index (χ4v) is 3.64. The summed E-state index contributed by atoms with van der Waals surface area (Å²) in [6, 6.07) is 7.98. The minimum Gasteiger partial charge on any atom is -0.496 e. The minimum absolute atomic E-state index is 0.161. The molecule has 2 aromatic heterocycles. The van der Waals surface area contributed by atoms with E-state index in [2.05, 4.69) is 25.2 Å². The molecule has 1 fully saturated rings. The molecular formula is C20H25N5O3. The molecule has 8 heteroatoms. The quantitative estimate of drug-likeness (QED) is 0.671. The molecule has 1 aromatic carbocycles. The van der Waals surface area contributed by atoms with Crippen LogP contribution >= 0.6 is 0 Å². The zero-order valence-electron chi connectivity index (χ0n) is 16.2. The number of aromatic nitrogens is 4. The van der Waals surface area contributed by atoms with Crippen LogP contribution in [0, 0.1) is 6.92 Å². The molecular weight excluding hydrogens is 358 g/mol. The van der Waals surface area contributed by atoms with Crippen molar-refractivity contribution in [3.05, 3.63) is 47.7 Å². The van der Waals surface area contributed by atoms with E-state index < -0.39 is 0 Å². The lowest BCUT2D eigenvalue weighted by atomic mass is 10.0. The molecule has 0 saturated carbocycles. The van der Waals surface area contributed by atoms with Gasteiger partial charge in [-0.1, -0.05) is 17.3 Å². The fraction of sp³-hybridized carbons (Fsp3) is 0.450. The lowest BCUT2D eigenvalue weighted by Gasteiger charge is -2.32. The van der Waals surface area contributed by atoms with E-state index in [0.29, 0.717) is 18.3 Å². The molecule has 8 nitrogen and oxygen atoms in total. The minimum atomic E-state index is 0.161. The van der Waals surface area contributed by atoms with Crippen LogP contribution in [0.5, 0.6) is 5.75 Å². The first-order chi connectivity index (χ1) is 13.7. The number of piperidine rings is 1. The van der Waals surface area contributed by atoms with Crippen LogP contribution in [-0.4, -0.2) is 51.5 Å². The molecule has 1 N–H and O–H groups in total. The number of hydrogen-bond donors (Lipinski definition) is 1. The van der Waals surface area contributed by atoms with Gasteiger partial charge in [0.2, 0.25) is 5.89 Å². The number of nitrogens with one attached hydrogen (secondary N) is 1. The Bertz CT molecular complexity index is 907. The average Bonchev–Trinajstić information content (AvgIpc) is 3.35. The number of aromatic amines is 1. The van der Waals surface area contributed by atoms with Gasteiger partial charge in [0, 0.05) is 31.1 Å². The summed E-state index contributed by atoms with van der Waals surface area (Å²) in [4.78, 5) is 6.60. The van der Waals surface area contributed by atoms with Crippen LogP contribution in [0.3, 0.4) is 0 Å². The van der Waals surface area contributed by atoms with Crippen LogP contribution in [0.25, 0.3) is 11.3 Å². The number of hydrogen-bond acceptors (Lipinski definition) is 7. The Balaban J connectivity index is 1.40. The molecule has 1 aliphatic heterocycles. The van der Waals surface area contributed by atoms with E-state index >= 15 is 0 Å². The zero-order chi connectivity index (χ0) is 19.3. The topological polar surface area (TPSA) is 89.3 Å². The van der Waals surface area contributed by atoms with Crippen LogP contribution < -0.4 is 4.74 Å². The highest BCUT2D eigenvalue weighted by molar-refractivity contribution is 5.69. The predicted octanol–water partition coefficient (Wildman–Crippen LogP) is 2.96. The molecule has 3 heterocycles. The Morgan fingerprint density at radius 3 is 3.04 bits per heavy atom. The van der Waals surface area contributed by atoms with Crippen molar-refractivity contribution in [2.24, 2.45) is 0 Å². The number of H-pyrrole nitrogens is 1. The van der Waals surface area contributed by atoms with E-state index in [1.54, 1.807) is 14.0 Å². The first kappa shape index (κ1) is 18.6. The number of rotatable bonds is 7. The maximum absolute atomic E-state index is 6.01. The highest BCUT2D eigenvalue weighted by Gasteiger charge is 2.23. The van der Waals surface area contributed by atoms with Crippen LogP contribution in [0.1, 0.15) is 30.1 Å². The van der Waals surface area contributed by atoms with E-state index in [0.717, 1.165) is 55.0 Å². The van der Waals surface area contributed by atoms with Gasteiger partial charge in [0.1, 0.15) is 12.4 Å². The summed E-state index contributed by atoms with van der Waals surface area (Å²) in [7, 11) is 1.69. The fourth-order valence-electron chi connectivity index (χ4n) is 3.64. The van der Waals surface area contributed by atoms with Gasteiger partial charge in [-0.15, -0.1) is 0 Å². The van der Waals surface area contributed by atoms with E-state index in [4.69, 9.17) is 14.0 Å². The zero-order valence-corrected chi connectivity index (χ0v) is 16.2. The van der Waals surface area contributed by atoms with Gasteiger partial charge in [-0.2, -0.15) is 10.1 Å². The number of likely N-dealkylation sites (tertiary alicyclic amines) is 1. The average molecular weight is 383 g/mol. The van der Waals surface area contributed by atoms with Gasteiger partial charge in [0.25, 0.3) is 0 Å². The van der Waals surface area contributed by atoms with E-state index in [-0.39, 0.29) is 6.10 Å². The smallest absolute Gasteiger partial charge is 0.223 e. The van der Waals surface area contributed by atoms with Crippen molar-refractivity contribution in [1.82, 2.24) is 25.2 Å². The second-order valence-corrected chi connectivity index (χ2v) is 7.01. The standard InChI is InChI=1S/C20H25N5O3/c1-14-22-19(24-28-14)13-27-16-6-5-9-25(12-16)11-15-10-21-23-20(15)17-7-3-4-8-18(17)26-2/h3-4,7-8,10,16H,5-6,9,11-13H2,1-2H3,(H,21,23). The molecule has 4 rings (SSSR count). The number of para-hydroxylation sites is 1. The van der Waals surface area contributed by atoms with E-state index in [9.17, 15) is 0 Å². The predicted molar refractivity (Wildman–Crippen MR) is 103 cm³/mol. The third kappa shape index (κ3) is 4.23. The highest BCUT2D eigenvalue weighted by Crippen LogP contribution is 2.31. The van der Waals surface area contributed by atoms with Gasteiger partial charge in [-0.05, 0) is 31.5 Å². The SMILES string of the molecule is COc1ccccc1-c1[nH]ncc1CN1CCCC(OCc2noc(C)n2)C1. The number of benzene rings is 1. The maximum atomic E-state index is 6.01. The van der Waals surface area contributed by atoms with Gasteiger partial charge in [0.15, 0.2) is 5.82 Å². The molecule has 0 spiro atoms. The number of aryl methyl sites for hydroxylation is 1. The first-order valence-electron chi connectivity index (χ1n) is 9.51. The number of ether oxygens (including phenoxy) is 2. The van der Waals surface area contributed by atoms with Crippen molar-refractivity contribution < 1.29 is 14.0 Å². The van der Waals surface area contributed by atoms with E-state index in [1.165, 1.54) is 0 Å². The maximum Gasteiger partial charge on any atom is 0.223 e. The lowest BCUT2D eigenvalue weighted by molar-refractivity contribution is -0.0150. The van der Waals surface area contributed by atoms with Gasteiger partial charge in [0.05, 0.1) is 25.1 Å².